The van der Waals surface area contributed by atoms with Gasteiger partial charge in [0, 0.05) is 5.02 Å². The van der Waals surface area contributed by atoms with Crippen LogP contribution in [0, 0.1) is 0 Å². The zero-order valence-electron chi connectivity index (χ0n) is 11.7. The van der Waals surface area contributed by atoms with Crippen LogP contribution >= 0.6 is 23.2 Å². The standard InChI is InChI=1S/C13H18Cl2O3Si/c1-13(2,3)19(4,5)18-10-7-8(14)6-9(15)11(10)12(16)17/h6-7H,1-5H3,(H,16,17). The van der Waals surface area contributed by atoms with Gasteiger partial charge in [-0.25, -0.2) is 4.79 Å². The summed E-state index contributed by atoms with van der Waals surface area (Å²) in [7, 11) is -2.15. The molecule has 0 aliphatic rings. The third-order valence-corrected chi connectivity index (χ3v) is 8.26. The van der Waals surface area contributed by atoms with Gasteiger partial charge in [0.25, 0.3) is 8.32 Å². The van der Waals surface area contributed by atoms with Gasteiger partial charge in [0.05, 0.1) is 5.02 Å². The van der Waals surface area contributed by atoms with Crippen LogP contribution in [0.15, 0.2) is 12.1 Å². The summed E-state index contributed by atoms with van der Waals surface area (Å²) in [6, 6.07) is 2.92. The van der Waals surface area contributed by atoms with Crippen LogP contribution in [0.4, 0.5) is 0 Å². The number of hydrogen-bond donors (Lipinski definition) is 1. The third kappa shape index (κ3) is 3.65. The lowest BCUT2D eigenvalue weighted by molar-refractivity contribution is 0.0695. The molecule has 1 aromatic carbocycles. The molecule has 19 heavy (non-hydrogen) atoms. The predicted octanol–water partition coefficient (Wildman–Crippen LogP) is 5.08. The maximum Gasteiger partial charge on any atom is 0.340 e. The fourth-order valence-corrected chi connectivity index (χ4v) is 2.84. The minimum absolute atomic E-state index is 0.0316. The Balaban J connectivity index is 3.32. The second kappa shape index (κ2) is 5.35. The molecule has 0 amide bonds. The molecule has 0 atom stereocenters. The molecule has 0 aromatic heterocycles. The Kier molecular flexibility index (Phi) is 4.60. The normalized spacial score (nSPS) is 12.4. The molecule has 106 valence electrons. The molecule has 0 saturated carbocycles. The van der Waals surface area contributed by atoms with E-state index in [-0.39, 0.29) is 21.4 Å². The average molecular weight is 321 g/mol. The van der Waals surface area contributed by atoms with E-state index in [4.69, 9.17) is 27.6 Å². The highest BCUT2D eigenvalue weighted by molar-refractivity contribution is 6.74. The Morgan fingerprint density at radius 1 is 1.26 bits per heavy atom. The monoisotopic (exact) mass is 320 g/mol. The summed E-state index contributed by atoms with van der Waals surface area (Å²) in [6.45, 7) is 10.3. The number of benzene rings is 1. The van der Waals surface area contributed by atoms with Crippen LogP contribution in [0.25, 0.3) is 0 Å². The van der Waals surface area contributed by atoms with Crippen molar-refractivity contribution in [2.75, 3.05) is 0 Å². The number of carboxylic acids is 1. The largest absolute Gasteiger partial charge is 0.543 e. The number of hydrogen-bond acceptors (Lipinski definition) is 2. The van der Waals surface area contributed by atoms with Crippen molar-refractivity contribution >= 4 is 37.5 Å². The van der Waals surface area contributed by atoms with Gasteiger partial charge < -0.3 is 9.53 Å². The SMILES string of the molecule is CC(C)(C)[Si](C)(C)Oc1cc(Cl)cc(Cl)c1C(=O)O. The van der Waals surface area contributed by atoms with Gasteiger partial charge >= 0.3 is 5.97 Å². The van der Waals surface area contributed by atoms with Crippen molar-refractivity contribution in [3.8, 4) is 5.75 Å². The van der Waals surface area contributed by atoms with Crippen molar-refractivity contribution in [1.29, 1.82) is 0 Å². The molecule has 6 heteroatoms. The minimum atomic E-state index is -2.15. The van der Waals surface area contributed by atoms with Crippen LogP contribution in [0.5, 0.6) is 5.75 Å². The van der Waals surface area contributed by atoms with Gasteiger partial charge in [-0.1, -0.05) is 44.0 Å². The molecule has 0 spiro atoms. The number of carbonyl (C=O) groups is 1. The maximum absolute atomic E-state index is 11.3. The van der Waals surface area contributed by atoms with E-state index in [1.807, 2.05) is 13.1 Å². The average Bonchev–Trinajstić information content (AvgIpc) is 2.12. The number of aromatic carboxylic acids is 1. The lowest BCUT2D eigenvalue weighted by atomic mass is 10.2. The Bertz CT molecular complexity index is 507. The summed E-state index contributed by atoms with van der Waals surface area (Å²) in [5, 5.41) is 9.66. The first-order valence-electron chi connectivity index (χ1n) is 5.87. The Labute approximate surface area is 124 Å². The van der Waals surface area contributed by atoms with Crippen LogP contribution in [0.3, 0.4) is 0 Å². The maximum atomic E-state index is 11.3. The van der Waals surface area contributed by atoms with Crippen LogP contribution < -0.4 is 4.43 Å². The van der Waals surface area contributed by atoms with E-state index in [1.165, 1.54) is 12.1 Å². The highest BCUT2D eigenvalue weighted by Gasteiger charge is 2.40. The van der Waals surface area contributed by atoms with E-state index in [0.29, 0.717) is 5.02 Å². The summed E-state index contributed by atoms with van der Waals surface area (Å²) in [5.74, 6) is -0.869. The van der Waals surface area contributed by atoms with Gasteiger partial charge in [0.1, 0.15) is 11.3 Å². The number of carboxylic acid groups (broad SMARTS) is 1. The van der Waals surface area contributed by atoms with Gasteiger partial charge in [0.15, 0.2) is 0 Å². The molecule has 1 N–H and O–H groups in total. The van der Waals surface area contributed by atoms with Crippen molar-refractivity contribution in [3.05, 3.63) is 27.7 Å². The highest BCUT2D eigenvalue weighted by atomic mass is 35.5. The second-order valence-corrected chi connectivity index (χ2v) is 11.5. The van der Waals surface area contributed by atoms with E-state index >= 15 is 0 Å². The van der Waals surface area contributed by atoms with Gasteiger partial charge in [-0.15, -0.1) is 0 Å². The first-order chi connectivity index (χ1) is 8.45. The zero-order chi connectivity index (χ0) is 15.0. The smallest absolute Gasteiger partial charge is 0.340 e. The fourth-order valence-electron chi connectivity index (χ4n) is 1.27. The molecule has 0 fully saturated rings. The van der Waals surface area contributed by atoms with Gasteiger partial charge in [-0.3, -0.25) is 0 Å². The van der Waals surface area contributed by atoms with Crippen molar-refractivity contribution < 1.29 is 14.3 Å². The van der Waals surface area contributed by atoms with Crippen molar-refractivity contribution in [1.82, 2.24) is 0 Å². The fraction of sp³-hybridized carbons (Fsp3) is 0.462. The van der Waals surface area contributed by atoms with E-state index < -0.39 is 14.3 Å². The van der Waals surface area contributed by atoms with E-state index in [0.717, 1.165) is 0 Å². The van der Waals surface area contributed by atoms with Crippen LogP contribution in [-0.4, -0.2) is 19.4 Å². The molecule has 0 aliphatic heterocycles. The van der Waals surface area contributed by atoms with E-state index in [1.54, 1.807) is 0 Å². The lowest BCUT2D eigenvalue weighted by Crippen LogP contribution is -2.44. The number of halogens is 2. The minimum Gasteiger partial charge on any atom is -0.543 e. The molecule has 0 bridgehead atoms. The molecule has 3 nitrogen and oxygen atoms in total. The molecule has 0 saturated heterocycles. The Morgan fingerprint density at radius 3 is 2.21 bits per heavy atom. The molecule has 1 rings (SSSR count). The molecule has 0 unspecified atom stereocenters. The molecule has 0 aliphatic carbocycles. The van der Waals surface area contributed by atoms with Crippen LogP contribution in [0.1, 0.15) is 31.1 Å². The molecule has 0 heterocycles. The van der Waals surface area contributed by atoms with Crippen molar-refractivity contribution in [2.45, 2.75) is 38.9 Å². The number of rotatable bonds is 3. The molecule has 1 aromatic rings. The topological polar surface area (TPSA) is 46.5 Å². The van der Waals surface area contributed by atoms with E-state index in [9.17, 15) is 9.90 Å². The van der Waals surface area contributed by atoms with Gasteiger partial charge in [-0.2, -0.15) is 0 Å². The summed E-state index contributed by atoms with van der Waals surface area (Å²) in [5.41, 5.74) is -0.0316. The zero-order valence-corrected chi connectivity index (χ0v) is 14.2. The quantitative estimate of drug-likeness (QED) is 0.790. The summed E-state index contributed by atoms with van der Waals surface area (Å²) < 4.78 is 6.01. The van der Waals surface area contributed by atoms with Gasteiger partial charge in [0.2, 0.25) is 0 Å². The Hall–Kier alpha value is -0.713. The molecular weight excluding hydrogens is 303 g/mol. The van der Waals surface area contributed by atoms with E-state index in [2.05, 4.69) is 20.8 Å². The third-order valence-electron chi connectivity index (χ3n) is 3.40. The summed E-state index contributed by atoms with van der Waals surface area (Å²) in [4.78, 5) is 11.3. The summed E-state index contributed by atoms with van der Waals surface area (Å²) in [6.07, 6.45) is 0. The molecule has 0 radical (unpaired) electrons. The summed E-state index contributed by atoms with van der Waals surface area (Å²) >= 11 is 11.9. The first-order valence-corrected chi connectivity index (χ1v) is 9.53. The highest BCUT2D eigenvalue weighted by Crippen LogP contribution is 2.40. The lowest BCUT2D eigenvalue weighted by Gasteiger charge is -2.36. The predicted molar refractivity (Wildman–Crippen MR) is 81.2 cm³/mol. The van der Waals surface area contributed by atoms with Crippen LogP contribution in [-0.2, 0) is 0 Å². The van der Waals surface area contributed by atoms with Crippen LogP contribution in [0.2, 0.25) is 28.2 Å². The Morgan fingerprint density at radius 2 is 1.79 bits per heavy atom. The van der Waals surface area contributed by atoms with Gasteiger partial charge in [-0.05, 0) is 30.3 Å². The second-order valence-electron chi connectivity index (χ2n) is 5.93. The van der Waals surface area contributed by atoms with Crippen molar-refractivity contribution in [2.24, 2.45) is 0 Å². The molecular formula is C13H18Cl2O3Si. The first kappa shape index (κ1) is 16.3. The van der Waals surface area contributed by atoms with Crippen molar-refractivity contribution in [3.63, 3.8) is 0 Å².